The standard InChI is InChI=1S/C12H12O/c13-9-12-8-11(12)7-6-10-4-2-1-3-5-10/h1-5,11-13H,8-9H2/t11-,12+/m0/s1. The van der Waals surface area contributed by atoms with Crippen molar-refractivity contribution in [2.45, 2.75) is 6.42 Å². The van der Waals surface area contributed by atoms with Gasteiger partial charge in [-0.1, -0.05) is 30.0 Å². The molecule has 1 aromatic rings. The first kappa shape index (κ1) is 8.34. The first-order valence-electron chi connectivity index (χ1n) is 4.57. The Balaban J connectivity index is 1.99. The van der Waals surface area contributed by atoms with Crippen molar-refractivity contribution in [2.75, 3.05) is 6.61 Å². The Morgan fingerprint density at radius 2 is 2.08 bits per heavy atom. The maximum absolute atomic E-state index is 8.81. The number of aliphatic hydroxyl groups is 1. The largest absolute Gasteiger partial charge is 0.396 e. The molecule has 0 amide bonds. The summed E-state index contributed by atoms with van der Waals surface area (Å²) in [6.07, 6.45) is 1.07. The van der Waals surface area contributed by atoms with Gasteiger partial charge in [-0.3, -0.25) is 0 Å². The molecule has 2 rings (SSSR count). The highest BCUT2D eigenvalue weighted by Crippen LogP contribution is 2.36. The zero-order valence-corrected chi connectivity index (χ0v) is 7.40. The lowest BCUT2D eigenvalue weighted by molar-refractivity contribution is 0.273. The highest BCUT2D eigenvalue weighted by molar-refractivity contribution is 5.35. The molecular formula is C12H12O. The third-order valence-corrected chi connectivity index (χ3v) is 2.33. The van der Waals surface area contributed by atoms with E-state index in [1.165, 1.54) is 0 Å². The monoisotopic (exact) mass is 172 g/mol. The van der Waals surface area contributed by atoms with E-state index >= 15 is 0 Å². The number of rotatable bonds is 1. The van der Waals surface area contributed by atoms with Crippen LogP contribution in [-0.4, -0.2) is 11.7 Å². The quantitative estimate of drug-likeness (QED) is 0.639. The molecule has 1 N–H and O–H groups in total. The molecule has 1 nitrogen and oxygen atoms in total. The molecule has 0 aromatic heterocycles. The summed E-state index contributed by atoms with van der Waals surface area (Å²) < 4.78 is 0. The van der Waals surface area contributed by atoms with Gasteiger partial charge in [-0.05, 0) is 24.5 Å². The molecule has 1 fully saturated rings. The van der Waals surface area contributed by atoms with E-state index in [1.807, 2.05) is 30.3 Å². The first-order chi connectivity index (χ1) is 6.40. The highest BCUT2D eigenvalue weighted by Gasteiger charge is 2.34. The topological polar surface area (TPSA) is 20.2 Å². The lowest BCUT2D eigenvalue weighted by Crippen LogP contribution is -1.85. The Morgan fingerprint density at radius 3 is 2.69 bits per heavy atom. The van der Waals surface area contributed by atoms with Gasteiger partial charge in [-0.25, -0.2) is 0 Å². The maximum atomic E-state index is 8.81. The van der Waals surface area contributed by atoms with Crippen molar-refractivity contribution in [1.29, 1.82) is 0 Å². The summed E-state index contributed by atoms with van der Waals surface area (Å²) in [6.45, 7) is 0.286. The van der Waals surface area contributed by atoms with Gasteiger partial charge >= 0.3 is 0 Å². The van der Waals surface area contributed by atoms with Gasteiger partial charge in [-0.15, -0.1) is 0 Å². The summed E-state index contributed by atoms with van der Waals surface area (Å²) in [4.78, 5) is 0. The average molecular weight is 172 g/mol. The third-order valence-electron chi connectivity index (χ3n) is 2.33. The highest BCUT2D eigenvalue weighted by atomic mass is 16.3. The predicted octanol–water partition coefficient (Wildman–Crippen LogP) is 1.67. The molecule has 0 aliphatic heterocycles. The maximum Gasteiger partial charge on any atom is 0.0471 e. The van der Waals surface area contributed by atoms with Crippen molar-refractivity contribution in [3.05, 3.63) is 35.9 Å². The number of benzene rings is 1. The molecule has 13 heavy (non-hydrogen) atoms. The minimum Gasteiger partial charge on any atom is -0.396 e. The molecule has 0 radical (unpaired) electrons. The Morgan fingerprint density at radius 1 is 1.31 bits per heavy atom. The van der Waals surface area contributed by atoms with E-state index in [4.69, 9.17) is 5.11 Å². The molecule has 1 saturated carbocycles. The Labute approximate surface area is 78.4 Å². The van der Waals surface area contributed by atoms with Crippen molar-refractivity contribution >= 4 is 0 Å². The molecule has 0 saturated heterocycles. The van der Waals surface area contributed by atoms with Gasteiger partial charge in [0.2, 0.25) is 0 Å². The van der Waals surface area contributed by atoms with Gasteiger partial charge in [0.15, 0.2) is 0 Å². The summed E-state index contributed by atoms with van der Waals surface area (Å²) in [5.74, 6) is 7.15. The van der Waals surface area contributed by atoms with Crippen LogP contribution in [0.2, 0.25) is 0 Å². The van der Waals surface area contributed by atoms with E-state index in [0.29, 0.717) is 11.8 Å². The summed E-state index contributed by atoms with van der Waals surface area (Å²) in [5.41, 5.74) is 1.06. The van der Waals surface area contributed by atoms with E-state index in [2.05, 4.69) is 11.8 Å². The molecule has 0 spiro atoms. The van der Waals surface area contributed by atoms with Crippen LogP contribution in [0.15, 0.2) is 30.3 Å². The van der Waals surface area contributed by atoms with Crippen molar-refractivity contribution in [3.63, 3.8) is 0 Å². The number of hydrogen-bond acceptors (Lipinski definition) is 1. The molecule has 1 aliphatic rings. The summed E-state index contributed by atoms with van der Waals surface area (Å²) in [5, 5.41) is 8.81. The fourth-order valence-electron chi connectivity index (χ4n) is 1.32. The van der Waals surface area contributed by atoms with Crippen LogP contribution in [0.4, 0.5) is 0 Å². The van der Waals surface area contributed by atoms with Gasteiger partial charge in [0, 0.05) is 18.1 Å². The molecule has 66 valence electrons. The smallest absolute Gasteiger partial charge is 0.0471 e. The van der Waals surface area contributed by atoms with E-state index in [-0.39, 0.29) is 6.61 Å². The molecule has 0 bridgehead atoms. The van der Waals surface area contributed by atoms with Crippen LogP contribution >= 0.6 is 0 Å². The van der Waals surface area contributed by atoms with Crippen molar-refractivity contribution < 1.29 is 5.11 Å². The molecular weight excluding hydrogens is 160 g/mol. The SMILES string of the molecule is OC[C@H]1C[C@@H]1C#Cc1ccccc1. The normalized spacial score (nSPS) is 24.7. The average Bonchev–Trinajstić information content (AvgIpc) is 2.95. The van der Waals surface area contributed by atoms with Gasteiger partial charge in [0.25, 0.3) is 0 Å². The van der Waals surface area contributed by atoms with Crippen LogP contribution in [0, 0.1) is 23.7 Å². The lowest BCUT2D eigenvalue weighted by atomic mass is 10.2. The molecule has 0 unspecified atom stereocenters. The fraction of sp³-hybridized carbons (Fsp3) is 0.333. The van der Waals surface area contributed by atoms with Crippen molar-refractivity contribution in [3.8, 4) is 11.8 Å². The molecule has 1 heteroatoms. The summed E-state index contributed by atoms with van der Waals surface area (Å²) in [6, 6.07) is 9.96. The summed E-state index contributed by atoms with van der Waals surface area (Å²) >= 11 is 0. The minimum absolute atomic E-state index is 0.286. The van der Waals surface area contributed by atoms with E-state index < -0.39 is 0 Å². The van der Waals surface area contributed by atoms with Crippen molar-refractivity contribution in [2.24, 2.45) is 11.8 Å². The Kier molecular flexibility index (Phi) is 2.33. The van der Waals surface area contributed by atoms with E-state index in [9.17, 15) is 0 Å². The second-order valence-electron chi connectivity index (χ2n) is 3.42. The minimum atomic E-state index is 0.286. The van der Waals surface area contributed by atoms with Gasteiger partial charge in [-0.2, -0.15) is 0 Å². The third kappa shape index (κ3) is 2.11. The van der Waals surface area contributed by atoms with E-state index in [1.54, 1.807) is 0 Å². The van der Waals surface area contributed by atoms with Gasteiger partial charge in [0.05, 0.1) is 0 Å². The lowest BCUT2D eigenvalue weighted by Gasteiger charge is -1.86. The van der Waals surface area contributed by atoms with Crippen LogP contribution in [-0.2, 0) is 0 Å². The van der Waals surface area contributed by atoms with Crippen LogP contribution in [0.1, 0.15) is 12.0 Å². The molecule has 1 aliphatic carbocycles. The van der Waals surface area contributed by atoms with Gasteiger partial charge < -0.3 is 5.11 Å². The second kappa shape index (κ2) is 3.64. The molecule has 0 heterocycles. The van der Waals surface area contributed by atoms with Gasteiger partial charge in [0.1, 0.15) is 0 Å². The molecule has 2 atom stereocenters. The van der Waals surface area contributed by atoms with Crippen LogP contribution < -0.4 is 0 Å². The second-order valence-corrected chi connectivity index (χ2v) is 3.42. The Bertz CT molecular complexity index is 331. The first-order valence-corrected chi connectivity index (χ1v) is 4.57. The summed E-state index contributed by atoms with van der Waals surface area (Å²) in [7, 11) is 0. The van der Waals surface area contributed by atoms with E-state index in [0.717, 1.165) is 12.0 Å². The molecule has 1 aromatic carbocycles. The number of aliphatic hydroxyl groups excluding tert-OH is 1. The fourth-order valence-corrected chi connectivity index (χ4v) is 1.32. The number of hydrogen-bond donors (Lipinski definition) is 1. The zero-order valence-electron chi connectivity index (χ0n) is 7.40. The zero-order chi connectivity index (χ0) is 9.10. The van der Waals surface area contributed by atoms with Crippen LogP contribution in [0.5, 0.6) is 0 Å². The predicted molar refractivity (Wildman–Crippen MR) is 52.0 cm³/mol. The van der Waals surface area contributed by atoms with Crippen LogP contribution in [0.3, 0.4) is 0 Å². The van der Waals surface area contributed by atoms with Crippen LogP contribution in [0.25, 0.3) is 0 Å². The Hall–Kier alpha value is -1.26. The van der Waals surface area contributed by atoms with Crippen molar-refractivity contribution in [1.82, 2.24) is 0 Å².